The smallest absolute Gasteiger partial charge is 0.226 e. The maximum Gasteiger partial charge on any atom is 0.226 e. The minimum Gasteiger partial charge on any atom is -0.508 e. The topological polar surface area (TPSA) is 108 Å². The molecule has 1 aliphatic carbocycles. The lowest BCUT2D eigenvalue weighted by molar-refractivity contribution is 0.0748. The van der Waals surface area contributed by atoms with Crippen LogP contribution in [-0.4, -0.2) is 41.9 Å². The van der Waals surface area contributed by atoms with E-state index in [-0.39, 0.29) is 5.75 Å². The molecule has 0 radical (unpaired) electrons. The molecule has 1 fully saturated rings. The molecule has 1 saturated carbocycles. The van der Waals surface area contributed by atoms with Crippen LogP contribution in [0.3, 0.4) is 0 Å². The van der Waals surface area contributed by atoms with Gasteiger partial charge in [0.25, 0.3) is 0 Å². The van der Waals surface area contributed by atoms with Gasteiger partial charge in [0.05, 0.1) is 11.9 Å². The van der Waals surface area contributed by atoms with Crippen LogP contribution in [0.15, 0.2) is 24.5 Å². The van der Waals surface area contributed by atoms with Crippen molar-refractivity contribution < 1.29 is 10.2 Å². The highest BCUT2D eigenvalue weighted by Gasteiger charge is 2.21. The van der Waals surface area contributed by atoms with Crippen molar-refractivity contribution >= 4 is 45.5 Å². The van der Waals surface area contributed by atoms with E-state index in [0.717, 1.165) is 33.1 Å². The summed E-state index contributed by atoms with van der Waals surface area (Å²) in [5, 5.41) is 26.9. The van der Waals surface area contributed by atoms with Crippen LogP contribution in [0.2, 0.25) is 0 Å². The third-order valence-electron chi connectivity index (χ3n) is 5.90. The fourth-order valence-corrected chi connectivity index (χ4v) is 4.66. The molecule has 9 heteroatoms. The average Bonchev–Trinajstić information content (AvgIpc) is 3.18. The van der Waals surface area contributed by atoms with Crippen LogP contribution in [0, 0.1) is 3.57 Å². The number of nitrogens with one attached hydrogen (secondary N) is 2. The molecule has 3 aromatic rings. The van der Waals surface area contributed by atoms with Crippen molar-refractivity contribution in [1.29, 1.82) is 0 Å². The van der Waals surface area contributed by atoms with E-state index in [4.69, 9.17) is 4.98 Å². The zero-order valence-corrected chi connectivity index (χ0v) is 20.8. The molecule has 4 N–H and O–H groups in total. The molecule has 0 atom stereocenters. The van der Waals surface area contributed by atoms with Gasteiger partial charge in [-0.1, -0.05) is 19.3 Å². The fraction of sp³-hybridized carbons (Fsp3) is 0.522. The fourth-order valence-electron chi connectivity index (χ4n) is 4.10. The number of hydrogen-bond donors (Lipinski definition) is 4. The zero-order chi connectivity index (χ0) is 22.7. The van der Waals surface area contributed by atoms with Gasteiger partial charge in [-0.15, -0.1) is 0 Å². The summed E-state index contributed by atoms with van der Waals surface area (Å²) in [7, 11) is 0. The maximum absolute atomic E-state index is 10.2. The van der Waals surface area contributed by atoms with Crippen molar-refractivity contribution in [2.75, 3.05) is 17.2 Å². The van der Waals surface area contributed by atoms with Crippen LogP contribution < -0.4 is 10.6 Å². The van der Waals surface area contributed by atoms with Gasteiger partial charge in [0.1, 0.15) is 5.75 Å². The molecule has 2 aromatic heterocycles. The van der Waals surface area contributed by atoms with Crippen LogP contribution in [-0.2, 0) is 6.54 Å². The van der Waals surface area contributed by atoms with Gasteiger partial charge in [-0.25, -0.2) is 4.98 Å². The summed E-state index contributed by atoms with van der Waals surface area (Å²) >= 11 is 2.23. The highest BCUT2D eigenvalue weighted by atomic mass is 127. The second-order valence-corrected chi connectivity index (χ2v) is 10.4. The summed E-state index contributed by atoms with van der Waals surface area (Å²) in [6, 6.07) is 5.93. The molecule has 2 heterocycles. The number of aromatic nitrogens is 4. The van der Waals surface area contributed by atoms with Crippen LogP contribution >= 0.6 is 22.6 Å². The molecule has 0 saturated heterocycles. The van der Waals surface area contributed by atoms with Crippen molar-refractivity contribution in [3.05, 3.63) is 33.7 Å². The summed E-state index contributed by atoms with van der Waals surface area (Å²) < 4.78 is 3.24. The number of phenols is 1. The largest absolute Gasteiger partial charge is 0.508 e. The Morgan fingerprint density at radius 3 is 2.69 bits per heavy atom. The van der Waals surface area contributed by atoms with E-state index in [2.05, 4.69) is 47.8 Å². The number of nitrogens with zero attached hydrogens (tertiary/aromatic N) is 4. The Bertz CT molecular complexity index is 1070. The second kappa shape index (κ2) is 9.78. The summed E-state index contributed by atoms with van der Waals surface area (Å²) in [6.45, 7) is 4.56. The van der Waals surface area contributed by atoms with E-state index in [1.165, 1.54) is 19.3 Å². The Labute approximate surface area is 202 Å². The number of aliphatic hydroxyl groups is 1. The van der Waals surface area contributed by atoms with E-state index in [1.54, 1.807) is 19.9 Å². The van der Waals surface area contributed by atoms with Crippen molar-refractivity contribution in [2.24, 2.45) is 0 Å². The number of aromatic hydroxyl groups is 1. The number of hydrogen-bond acceptors (Lipinski definition) is 7. The normalized spacial score (nSPS) is 15.2. The highest BCUT2D eigenvalue weighted by Crippen LogP contribution is 2.32. The molecule has 4 rings (SSSR count). The number of benzene rings is 1. The molecule has 0 aliphatic heterocycles. The Morgan fingerprint density at radius 2 is 1.94 bits per heavy atom. The predicted octanol–water partition coefficient (Wildman–Crippen LogP) is 4.83. The molecule has 8 nitrogen and oxygen atoms in total. The summed E-state index contributed by atoms with van der Waals surface area (Å²) in [6.07, 6.45) is 8.46. The monoisotopic (exact) mass is 550 g/mol. The lowest BCUT2D eigenvalue weighted by Gasteiger charge is -2.23. The van der Waals surface area contributed by atoms with Gasteiger partial charge in [0, 0.05) is 28.3 Å². The van der Waals surface area contributed by atoms with E-state index in [0.29, 0.717) is 37.3 Å². The molecule has 0 amide bonds. The molecule has 32 heavy (non-hydrogen) atoms. The first-order valence-electron chi connectivity index (χ1n) is 11.2. The standard InChI is InChI=1S/C23H31IN6O2/c1-23(2,32)10-11-25-22-28-20(26-13-15-12-16(24)8-9-18(15)31)19-21(29-22)30(14-27-19)17-6-4-3-5-7-17/h8-9,12,14,17,31-32H,3-7,10-11,13H2,1-2H3,(H2,25,26,28,29). The van der Waals surface area contributed by atoms with Crippen LogP contribution in [0.25, 0.3) is 11.2 Å². The maximum atomic E-state index is 10.2. The van der Waals surface area contributed by atoms with E-state index in [9.17, 15) is 10.2 Å². The van der Waals surface area contributed by atoms with Gasteiger partial charge in [-0.2, -0.15) is 9.97 Å². The van der Waals surface area contributed by atoms with E-state index in [1.807, 2.05) is 18.5 Å². The highest BCUT2D eigenvalue weighted by molar-refractivity contribution is 14.1. The van der Waals surface area contributed by atoms with Crippen LogP contribution in [0.5, 0.6) is 5.75 Å². The zero-order valence-electron chi connectivity index (χ0n) is 18.6. The minimum absolute atomic E-state index is 0.250. The number of rotatable bonds is 8. The van der Waals surface area contributed by atoms with E-state index >= 15 is 0 Å². The number of imidazole rings is 1. The molecule has 172 valence electrons. The third-order valence-corrected chi connectivity index (χ3v) is 6.57. The van der Waals surface area contributed by atoms with E-state index < -0.39 is 5.60 Å². The third kappa shape index (κ3) is 5.61. The molecular formula is C23H31IN6O2. The molecule has 0 spiro atoms. The minimum atomic E-state index is -0.760. The van der Waals surface area contributed by atoms with Crippen LogP contribution in [0.1, 0.15) is 64.0 Å². The first-order chi connectivity index (χ1) is 15.3. The number of halogens is 1. The summed E-state index contributed by atoms with van der Waals surface area (Å²) in [5.74, 6) is 1.39. The quantitative estimate of drug-likeness (QED) is 0.298. The summed E-state index contributed by atoms with van der Waals surface area (Å²) in [4.78, 5) is 14.1. The predicted molar refractivity (Wildman–Crippen MR) is 135 cm³/mol. The Balaban J connectivity index is 1.64. The Hall–Kier alpha value is -2.14. The Kier molecular flexibility index (Phi) is 7.04. The molecule has 0 bridgehead atoms. The number of fused-ring (bicyclic) bond motifs is 1. The van der Waals surface area contributed by atoms with Gasteiger partial charge in [0.15, 0.2) is 17.0 Å². The lowest BCUT2D eigenvalue weighted by atomic mass is 9.95. The molecular weight excluding hydrogens is 519 g/mol. The van der Waals surface area contributed by atoms with Gasteiger partial charge in [-0.3, -0.25) is 0 Å². The number of anilines is 2. The molecule has 1 aliphatic rings. The molecule has 1 aromatic carbocycles. The SMILES string of the molecule is CC(C)(O)CCNc1nc(NCc2cc(I)ccc2O)c2ncn(C3CCCCC3)c2n1. The average molecular weight is 550 g/mol. The van der Waals surface area contributed by atoms with Gasteiger partial charge < -0.3 is 25.4 Å². The van der Waals surface area contributed by atoms with Gasteiger partial charge in [-0.05, 0) is 73.9 Å². The van der Waals surface area contributed by atoms with Crippen molar-refractivity contribution in [1.82, 2.24) is 19.5 Å². The first kappa shape index (κ1) is 23.0. The molecule has 0 unspecified atom stereocenters. The van der Waals surface area contributed by atoms with Crippen molar-refractivity contribution in [3.8, 4) is 5.75 Å². The van der Waals surface area contributed by atoms with Gasteiger partial charge >= 0.3 is 0 Å². The first-order valence-corrected chi connectivity index (χ1v) is 12.3. The van der Waals surface area contributed by atoms with Gasteiger partial charge in [0.2, 0.25) is 5.95 Å². The van der Waals surface area contributed by atoms with Crippen molar-refractivity contribution in [2.45, 2.75) is 70.6 Å². The lowest BCUT2D eigenvalue weighted by Crippen LogP contribution is -2.23. The van der Waals surface area contributed by atoms with Crippen LogP contribution in [0.4, 0.5) is 11.8 Å². The second-order valence-electron chi connectivity index (χ2n) is 9.13. The van der Waals surface area contributed by atoms with Crippen molar-refractivity contribution in [3.63, 3.8) is 0 Å². The Morgan fingerprint density at radius 1 is 1.16 bits per heavy atom. The number of phenolic OH excluding ortho intramolecular Hbond substituents is 1. The summed E-state index contributed by atoms with van der Waals surface area (Å²) in [5.41, 5.74) is 1.58.